The quantitative estimate of drug-likeness (QED) is 0.732. The molecule has 1 aliphatic heterocycles. The van der Waals surface area contributed by atoms with Crippen LogP contribution in [0.25, 0.3) is 11.3 Å². The average Bonchev–Trinajstić information content (AvgIpc) is 2.82. The maximum absolute atomic E-state index is 4.27. The summed E-state index contributed by atoms with van der Waals surface area (Å²) in [6.07, 6.45) is 2.19. The Bertz CT molecular complexity index is 457. The second-order valence-corrected chi connectivity index (χ2v) is 4.03. The van der Waals surface area contributed by atoms with Gasteiger partial charge in [-0.2, -0.15) is 5.10 Å². The van der Waals surface area contributed by atoms with E-state index in [1.165, 1.54) is 11.3 Å². The molecule has 0 amide bonds. The Labute approximate surface area is 88.3 Å². The lowest BCUT2D eigenvalue weighted by Gasteiger charge is -2.15. The van der Waals surface area contributed by atoms with Crippen molar-refractivity contribution in [3.63, 3.8) is 0 Å². The minimum absolute atomic E-state index is 0.962. The molecule has 0 spiro atoms. The molecular formula is C11H14N4. The highest BCUT2D eigenvalue weighted by atomic mass is 15.1. The minimum Gasteiger partial charge on any atom is -0.348 e. The molecule has 0 saturated carbocycles. The van der Waals surface area contributed by atoms with Crippen LogP contribution in [0.3, 0.4) is 0 Å². The maximum Gasteiger partial charge on any atom is 0.0938 e. The largest absolute Gasteiger partial charge is 0.348 e. The third kappa shape index (κ3) is 1.47. The van der Waals surface area contributed by atoms with Crippen LogP contribution in [-0.4, -0.2) is 21.3 Å². The molecule has 0 atom stereocenters. The zero-order chi connectivity index (χ0) is 10.3. The van der Waals surface area contributed by atoms with Crippen molar-refractivity contribution < 1.29 is 0 Å². The highest BCUT2D eigenvalue weighted by Crippen LogP contribution is 2.21. The number of fused-ring (bicyclic) bond motifs is 1. The summed E-state index contributed by atoms with van der Waals surface area (Å²) in [5.74, 6) is 0. The molecule has 0 aliphatic carbocycles. The molecule has 2 aromatic heterocycles. The van der Waals surface area contributed by atoms with E-state index in [0.29, 0.717) is 0 Å². The third-order valence-corrected chi connectivity index (χ3v) is 2.82. The number of aryl methyl sites for hydroxylation is 1. The molecule has 3 heterocycles. The van der Waals surface area contributed by atoms with Gasteiger partial charge in [0.1, 0.15) is 0 Å². The van der Waals surface area contributed by atoms with Gasteiger partial charge in [0.15, 0.2) is 0 Å². The summed E-state index contributed by atoms with van der Waals surface area (Å²) in [7, 11) is 0. The summed E-state index contributed by atoms with van der Waals surface area (Å²) in [6.45, 7) is 5.09. The lowest BCUT2D eigenvalue weighted by Crippen LogP contribution is -2.27. The highest BCUT2D eigenvalue weighted by Gasteiger charge is 2.12. The molecular weight excluding hydrogens is 188 g/mol. The van der Waals surface area contributed by atoms with Crippen molar-refractivity contribution in [2.45, 2.75) is 20.0 Å². The van der Waals surface area contributed by atoms with Gasteiger partial charge in [-0.25, -0.2) is 0 Å². The molecule has 1 aliphatic rings. The number of rotatable bonds is 1. The van der Waals surface area contributed by atoms with Gasteiger partial charge >= 0.3 is 0 Å². The van der Waals surface area contributed by atoms with E-state index in [-0.39, 0.29) is 0 Å². The Morgan fingerprint density at radius 1 is 1.40 bits per heavy atom. The van der Waals surface area contributed by atoms with Crippen molar-refractivity contribution in [3.05, 3.63) is 29.7 Å². The van der Waals surface area contributed by atoms with Crippen LogP contribution in [-0.2, 0) is 13.1 Å². The van der Waals surface area contributed by atoms with E-state index in [2.05, 4.69) is 38.4 Å². The minimum atomic E-state index is 0.962. The van der Waals surface area contributed by atoms with Gasteiger partial charge in [-0.15, -0.1) is 0 Å². The molecule has 0 radical (unpaired) electrons. The molecule has 0 bridgehead atoms. The van der Waals surface area contributed by atoms with Gasteiger partial charge in [-0.3, -0.25) is 5.10 Å². The molecule has 2 aromatic rings. The Hall–Kier alpha value is -1.55. The predicted octanol–water partition coefficient (Wildman–Crippen LogP) is 1.29. The first-order valence-corrected chi connectivity index (χ1v) is 5.25. The maximum atomic E-state index is 4.27. The van der Waals surface area contributed by atoms with Gasteiger partial charge in [0.05, 0.1) is 5.69 Å². The fourth-order valence-corrected chi connectivity index (χ4v) is 2.03. The molecule has 15 heavy (non-hydrogen) atoms. The van der Waals surface area contributed by atoms with Crippen LogP contribution < -0.4 is 5.32 Å². The van der Waals surface area contributed by atoms with Crippen molar-refractivity contribution in [2.24, 2.45) is 0 Å². The topological polar surface area (TPSA) is 45.6 Å². The summed E-state index contributed by atoms with van der Waals surface area (Å²) < 4.78 is 2.30. The zero-order valence-electron chi connectivity index (χ0n) is 8.75. The molecule has 78 valence electrons. The number of H-pyrrole nitrogens is 1. The van der Waals surface area contributed by atoms with E-state index < -0.39 is 0 Å². The molecule has 4 heteroatoms. The predicted molar refractivity (Wildman–Crippen MR) is 58.5 cm³/mol. The van der Waals surface area contributed by atoms with Crippen LogP contribution in [0.4, 0.5) is 0 Å². The van der Waals surface area contributed by atoms with Gasteiger partial charge in [0.25, 0.3) is 0 Å². The number of aromatic amines is 1. The number of hydrogen-bond donors (Lipinski definition) is 2. The monoisotopic (exact) mass is 202 g/mol. The van der Waals surface area contributed by atoms with Crippen LogP contribution >= 0.6 is 0 Å². The second kappa shape index (κ2) is 3.24. The van der Waals surface area contributed by atoms with E-state index >= 15 is 0 Å². The zero-order valence-corrected chi connectivity index (χ0v) is 8.75. The van der Waals surface area contributed by atoms with E-state index in [4.69, 9.17) is 0 Å². The summed E-state index contributed by atoms with van der Waals surface area (Å²) in [5, 5.41) is 10.6. The summed E-state index contributed by atoms with van der Waals surface area (Å²) in [4.78, 5) is 0. The number of nitrogens with one attached hydrogen (secondary N) is 2. The first-order valence-electron chi connectivity index (χ1n) is 5.25. The fourth-order valence-electron chi connectivity index (χ4n) is 2.03. The normalized spacial score (nSPS) is 15.3. The molecule has 0 fully saturated rings. The first-order chi connectivity index (χ1) is 7.33. The average molecular weight is 202 g/mol. The van der Waals surface area contributed by atoms with E-state index in [1.54, 1.807) is 0 Å². The van der Waals surface area contributed by atoms with Crippen molar-refractivity contribution in [1.82, 2.24) is 20.1 Å². The van der Waals surface area contributed by atoms with Gasteiger partial charge in [0.2, 0.25) is 0 Å². The number of aromatic nitrogens is 3. The highest BCUT2D eigenvalue weighted by molar-refractivity contribution is 5.59. The van der Waals surface area contributed by atoms with Crippen LogP contribution in [0, 0.1) is 6.92 Å². The molecule has 3 rings (SSSR count). The van der Waals surface area contributed by atoms with Crippen molar-refractivity contribution >= 4 is 0 Å². The Balaban J connectivity index is 2.02. The van der Waals surface area contributed by atoms with Crippen LogP contribution in [0.1, 0.15) is 11.4 Å². The lowest BCUT2D eigenvalue weighted by atomic mass is 10.2. The molecule has 0 aromatic carbocycles. The molecule has 0 saturated heterocycles. The van der Waals surface area contributed by atoms with Crippen molar-refractivity contribution in [2.75, 3.05) is 6.54 Å². The third-order valence-electron chi connectivity index (χ3n) is 2.82. The van der Waals surface area contributed by atoms with Crippen LogP contribution in [0.5, 0.6) is 0 Å². The van der Waals surface area contributed by atoms with Gasteiger partial charge in [0, 0.05) is 42.8 Å². The SMILES string of the molecule is Cc1cc(-c2cc3n(c2)CCNC3)n[nH]1. The van der Waals surface area contributed by atoms with E-state index in [1.807, 2.05) is 6.92 Å². The van der Waals surface area contributed by atoms with E-state index in [9.17, 15) is 0 Å². The van der Waals surface area contributed by atoms with Gasteiger partial charge < -0.3 is 9.88 Å². The molecule has 0 unspecified atom stereocenters. The van der Waals surface area contributed by atoms with Crippen molar-refractivity contribution in [3.8, 4) is 11.3 Å². The van der Waals surface area contributed by atoms with Crippen molar-refractivity contribution in [1.29, 1.82) is 0 Å². The standard InChI is InChI=1S/C11H14N4/c1-8-4-11(14-13-8)9-5-10-6-12-2-3-15(10)7-9/h4-5,7,12H,2-3,6H2,1H3,(H,13,14). The number of hydrogen-bond acceptors (Lipinski definition) is 2. The Morgan fingerprint density at radius 2 is 2.33 bits per heavy atom. The summed E-state index contributed by atoms with van der Waals surface area (Å²) in [5.41, 5.74) is 4.69. The van der Waals surface area contributed by atoms with Crippen LogP contribution in [0.2, 0.25) is 0 Å². The van der Waals surface area contributed by atoms with Gasteiger partial charge in [-0.05, 0) is 19.1 Å². The Kier molecular flexibility index (Phi) is 1.89. The fraction of sp³-hybridized carbons (Fsp3) is 0.364. The lowest BCUT2D eigenvalue weighted by molar-refractivity contribution is 0.517. The smallest absolute Gasteiger partial charge is 0.0938 e. The van der Waals surface area contributed by atoms with Gasteiger partial charge in [-0.1, -0.05) is 0 Å². The number of nitrogens with zero attached hydrogens (tertiary/aromatic N) is 2. The Morgan fingerprint density at radius 3 is 3.07 bits per heavy atom. The first kappa shape index (κ1) is 8.73. The molecule has 4 nitrogen and oxygen atoms in total. The van der Waals surface area contributed by atoms with Crippen LogP contribution in [0.15, 0.2) is 18.3 Å². The summed E-state index contributed by atoms with van der Waals surface area (Å²) in [6, 6.07) is 4.29. The second-order valence-electron chi connectivity index (χ2n) is 4.03. The van der Waals surface area contributed by atoms with E-state index in [0.717, 1.165) is 31.0 Å². The summed E-state index contributed by atoms with van der Waals surface area (Å²) >= 11 is 0. The molecule has 2 N–H and O–H groups in total.